The zero-order valence-corrected chi connectivity index (χ0v) is 19.9. The van der Waals surface area contributed by atoms with E-state index in [1.54, 1.807) is 0 Å². The van der Waals surface area contributed by atoms with Gasteiger partial charge in [0.2, 0.25) is 8.32 Å². The van der Waals surface area contributed by atoms with Crippen LogP contribution in [0.15, 0.2) is 66.7 Å². The van der Waals surface area contributed by atoms with Crippen LogP contribution in [-0.4, -0.2) is 19.5 Å². The van der Waals surface area contributed by atoms with Gasteiger partial charge < -0.3 is 9.53 Å². The van der Waals surface area contributed by atoms with Crippen molar-refractivity contribution in [2.24, 2.45) is 0 Å². The van der Waals surface area contributed by atoms with E-state index in [-0.39, 0.29) is 6.10 Å². The first-order chi connectivity index (χ1) is 13.8. The first-order valence-electron chi connectivity index (χ1n) is 10.9. The van der Waals surface area contributed by atoms with Crippen molar-refractivity contribution in [3.63, 3.8) is 0 Å². The molecule has 0 saturated heterocycles. The maximum atomic E-state index is 10.9. The minimum absolute atomic E-state index is 0.121. The Bertz CT molecular complexity index is 716. The zero-order chi connectivity index (χ0) is 21.4. The molecule has 0 bridgehead atoms. The van der Waals surface area contributed by atoms with E-state index < -0.39 is 14.4 Å². The average Bonchev–Trinajstić information content (AvgIpc) is 2.70. The second-order valence-electron chi connectivity index (χ2n) is 8.91. The average molecular weight is 411 g/mol. The summed E-state index contributed by atoms with van der Waals surface area (Å²) in [7, 11) is -2.06. The summed E-state index contributed by atoms with van der Waals surface area (Å²) in [6, 6.07) is 20.2. The predicted octanol–water partition coefficient (Wildman–Crippen LogP) is 7.38. The third-order valence-electron chi connectivity index (χ3n) is 6.01. The highest BCUT2D eigenvalue weighted by atomic mass is 28.4. The van der Waals surface area contributed by atoms with E-state index in [9.17, 15) is 5.11 Å². The monoisotopic (exact) mass is 410 g/mol. The van der Waals surface area contributed by atoms with Crippen LogP contribution in [0.3, 0.4) is 0 Å². The summed E-state index contributed by atoms with van der Waals surface area (Å²) in [5.41, 5.74) is 3.61. The molecular weight excluding hydrogens is 372 g/mol. The summed E-state index contributed by atoms with van der Waals surface area (Å²) in [4.78, 5) is 0. The Balaban J connectivity index is 2.33. The number of aliphatic hydroxyl groups is 1. The number of hydrogen-bond acceptors (Lipinski definition) is 2. The number of rotatable bonds is 10. The molecular formula is C26H38O2Si. The number of hydrogen-bond donors (Lipinski definition) is 1. The van der Waals surface area contributed by atoms with E-state index in [1.165, 1.54) is 0 Å². The summed E-state index contributed by atoms with van der Waals surface area (Å²) < 4.78 is 7.03. The fourth-order valence-electron chi connectivity index (χ4n) is 4.65. The molecule has 0 amide bonds. The van der Waals surface area contributed by atoms with Crippen molar-refractivity contribution < 1.29 is 9.53 Å². The highest BCUT2D eigenvalue weighted by Gasteiger charge is 2.46. The topological polar surface area (TPSA) is 29.5 Å². The van der Waals surface area contributed by atoms with Gasteiger partial charge in [-0.25, -0.2) is 0 Å². The molecule has 158 valence electrons. The number of benzene rings is 2. The molecule has 0 fully saturated rings. The van der Waals surface area contributed by atoms with Crippen molar-refractivity contribution in [1.82, 2.24) is 0 Å². The summed E-state index contributed by atoms with van der Waals surface area (Å²) in [5.74, 6) is 0. The van der Waals surface area contributed by atoms with Gasteiger partial charge in [-0.15, -0.1) is 0 Å². The Kier molecular flexibility index (Phi) is 8.88. The lowest BCUT2D eigenvalue weighted by atomic mass is 10.0. The zero-order valence-electron chi connectivity index (χ0n) is 18.9. The van der Waals surface area contributed by atoms with Crippen LogP contribution in [0.4, 0.5) is 0 Å². The van der Waals surface area contributed by atoms with Crippen molar-refractivity contribution in [1.29, 1.82) is 0 Å². The summed E-state index contributed by atoms with van der Waals surface area (Å²) >= 11 is 0. The quantitative estimate of drug-likeness (QED) is 0.414. The second kappa shape index (κ2) is 10.9. The van der Waals surface area contributed by atoms with Crippen molar-refractivity contribution in [2.75, 3.05) is 0 Å². The van der Waals surface area contributed by atoms with Gasteiger partial charge in [0, 0.05) is 6.42 Å². The molecule has 3 heteroatoms. The predicted molar refractivity (Wildman–Crippen MR) is 127 cm³/mol. The lowest BCUT2D eigenvalue weighted by molar-refractivity contribution is 0.106. The standard InChI is InChI=1S/C26H38O2Si/c1-20(2)29(21(3)4,22(5)6)28-25(18-17-23-13-9-7-10-14-23)19-26(27)24-15-11-8-12-16-24/h7-18,20-22,25-27H,19H2,1-6H3/b18-17+/t25-,26+/m0/s1. The van der Waals surface area contributed by atoms with Crippen LogP contribution in [0.2, 0.25) is 16.6 Å². The maximum Gasteiger partial charge on any atom is 0.201 e. The Labute approximate surface area is 178 Å². The van der Waals surface area contributed by atoms with Gasteiger partial charge in [0.25, 0.3) is 0 Å². The third kappa shape index (κ3) is 6.15. The van der Waals surface area contributed by atoms with Gasteiger partial charge in [0.1, 0.15) is 0 Å². The summed E-state index contributed by atoms with van der Waals surface area (Å²) in [6.45, 7) is 13.8. The molecule has 29 heavy (non-hydrogen) atoms. The first kappa shape index (κ1) is 23.6. The minimum Gasteiger partial charge on any atom is -0.410 e. The largest absolute Gasteiger partial charge is 0.410 e. The highest BCUT2D eigenvalue weighted by molar-refractivity contribution is 6.77. The molecule has 0 radical (unpaired) electrons. The van der Waals surface area contributed by atoms with Crippen LogP contribution in [0.1, 0.15) is 65.2 Å². The van der Waals surface area contributed by atoms with Gasteiger partial charge in [-0.2, -0.15) is 0 Å². The second-order valence-corrected chi connectivity index (χ2v) is 14.3. The molecule has 2 nitrogen and oxygen atoms in total. The van der Waals surface area contributed by atoms with Gasteiger partial charge in [0.15, 0.2) is 0 Å². The first-order valence-corrected chi connectivity index (χ1v) is 13.1. The Morgan fingerprint density at radius 3 is 1.76 bits per heavy atom. The van der Waals surface area contributed by atoms with Crippen LogP contribution in [0, 0.1) is 0 Å². The van der Waals surface area contributed by atoms with E-state index in [2.05, 4.69) is 65.8 Å². The van der Waals surface area contributed by atoms with Crippen molar-refractivity contribution >= 4 is 14.4 Å². The van der Waals surface area contributed by atoms with E-state index in [0.29, 0.717) is 23.0 Å². The fourth-order valence-corrected chi connectivity index (χ4v) is 10.2. The summed E-state index contributed by atoms with van der Waals surface area (Å²) in [5, 5.41) is 10.9. The SMILES string of the molecule is CC(C)[Si](O[C@@H](/C=C/c1ccccc1)C[C@@H](O)c1ccccc1)(C(C)C)C(C)C. The van der Waals surface area contributed by atoms with Crippen LogP contribution in [-0.2, 0) is 4.43 Å². The van der Waals surface area contributed by atoms with E-state index >= 15 is 0 Å². The van der Waals surface area contributed by atoms with Crippen molar-refractivity contribution in [3.05, 3.63) is 77.9 Å². The Morgan fingerprint density at radius 2 is 1.28 bits per heavy atom. The van der Waals surface area contributed by atoms with Crippen molar-refractivity contribution in [3.8, 4) is 0 Å². The lowest BCUT2D eigenvalue weighted by Crippen LogP contribution is -2.50. The molecule has 0 unspecified atom stereocenters. The van der Waals surface area contributed by atoms with Crippen LogP contribution in [0.5, 0.6) is 0 Å². The number of aliphatic hydroxyl groups excluding tert-OH is 1. The molecule has 2 aromatic carbocycles. The van der Waals surface area contributed by atoms with Crippen molar-refractivity contribution in [2.45, 2.75) is 76.8 Å². The molecule has 2 aromatic rings. The van der Waals surface area contributed by atoms with Gasteiger partial charge in [0.05, 0.1) is 12.2 Å². The Hall–Kier alpha value is -1.68. The van der Waals surface area contributed by atoms with E-state index in [0.717, 1.165) is 11.1 Å². The van der Waals surface area contributed by atoms with Gasteiger partial charge >= 0.3 is 0 Å². The summed E-state index contributed by atoms with van der Waals surface area (Å²) in [6.07, 6.45) is 4.18. The van der Waals surface area contributed by atoms with Crippen LogP contribution in [0.25, 0.3) is 6.08 Å². The van der Waals surface area contributed by atoms with Crippen LogP contribution >= 0.6 is 0 Å². The molecule has 0 heterocycles. The minimum atomic E-state index is -2.06. The molecule has 2 rings (SSSR count). The highest BCUT2D eigenvalue weighted by Crippen LogP contribution is 2.44. The lowest BCUT2D eigenvalue weighted by Gasteiger charge is -2.44. The van der Waals surface area contributed by atoms with E-state index in [1.807, 2.05) is 48.5 Å². The fraction of sp³-hybridized carbons (Fsp3) is 0.462. The molecule has 0 aromatic heterocycles. The third-order valence-corrected chi connectivity index (χ3v) is 12.1. The van der Waals surface area contributed by atoms with Gasteiger partial charge in [-0.3, -0.25) is 0 Å². The van der Waals surface area contributed by atoms with Gasteiger partial charge in [-0.05, 0) is 27.8 Å². The smallest absolute Gasteiger partial charge is 0.201 e. The maximum absolute atomic E-state index is 10.9. The van der Waals surface area contributed by atoms with E-state index in [4.69, 9.17) is 4.43 Å². The normalized spacial score (nSPS) is 14.8. The Morgan fingerprint density at radius 1 is 0.793 bits per heavy atom. The molecule has 0 spiro atoms. The molecule has 0 aliphatic heterocycles. The van der Waals surface area contributed by atoms with Gasteiger partial charge in [-0.1, -0.05) is 114 Å². The molecule has 0 aliphatic rings. The molecule has 1 N–H and O–H groups in total. The molecule has 0 aliphatic carbocycles. The molecule has 2 atom stereocenters. The van der Waals surface area contributed by atoms with Crippen LogP contribution < -0.4 is 0 Å². The molecule has 0 saturated carbocycles.